The monoisotopic (exact) mass is 548 g/mol. The first kappa shape index (κ1) is 27.6. The van der Waals surface area contributed by atoms with E-state index in [9.17, 15) is 9.59 Å². The molecular formula is C31H32N8O2. The molecule has 208 valence electrons. The second-order valence-corrected chi connectivity index (χ2v) is 10.3. The van der Waals surface area contributed by atoms with Crippen molar-refractivity contribution in [2.75, 3.05) is 11.4 Å². The van der Waals surface area contributed by atoms with E-state index in [2.05, 4.69) is 44.5 Å². The summed E-state index contributed by atoms with van der Waals surface area (Å²) in [5.41, 5.74) is 3.80. The van der Waals surface area contributed by atoms with E-state index in [1.807, 2.05) is 61.5 Å². The molecule has 0 fully saturated rings. The summed E-state index contributed by atoms with van der Waals surface area (Å²) in [7, 11) is 0. The van der Waals surface area contributed by atoms with E-state index in [1.54, 1.807) is 30.7 Å². The van der Waals surface area contributed by atoms with Gasteiger partial charge in [0.2, 0.25) is 11.7 Å². The van der Waals surface area contributed by atoms with Crippen LogP contribution in [0.1, 0.15) is 37.4 Å². The van der Waals surface area contributed by atoms with Crippen LogP contribution in [0.5, 0.6) is 0 Å². The standard InChI is InChI=1S/C31H32N8O2/c1-21(2)12-17-33-31(41)29(23-13-15-32-16-14-23)39(26-18-25-6-4-5-7-27(25)34-19-26)28(40)20-38-36-30(35-37-38)24-10-8-22(3)9-11-24/h4-11,13-16,18-19,21,29H,12,17,20H2,1-3H3,(H,33,41)/t29-/m1/s1. The Morgan fingerprint density at radius 1 is 1.00 bits per heavy atom. The zero-order valence-electron chi connectivity index (χ0n) is 23.3. The third kappa shape index (κ3) is 6.60. The smallest absolute Gasteiger partial charge is 0.251 e. The molecule has 3 heterocycles. The molecule has 0 bridgehead atoms. The van der Waals surface area contributed by atoms with E-state index >= 15 is 0 Å². The molecule has 10 heteroatoms. The minimum Gasteiger partial charge on any atom is -0.354 e. The van der Waals surface area contributed by atoms with Crippen molar-refractivity contribution >= 4 is 28.4 Å². The minimum atomic E-state index is -0.972. The van der Waals surface area contributed by atoms with Gasteiger partial charge < -0.3 is 5.32 Å². The molecule has 0 saturated heterocycles. The van der Waals surface area contributed by atoms with E-state index in [1.165, 1.54) is 9.70 Å². The molecular weight excluding hydrogens is 516 g/mol. The van der Waals surface area contributed by atoms with Crippen molar-refractivity contribution < 1.29 is 9.59 Å². The Labute approximate surface area is 238 Å². The summed E-state index contributed by atoms with van der Waals surface area (Å²) in [4.78, 5) is 39.3. The number of amides is 2. The van der Waals surface area contributed by atoms with Crippen LogP contribution in [0.2, 0.25) is 0 Å². The van der Waals surface area contributed by atoms with Crippen molar-refractivity contribution in [3.8, 4) is 11.4 Å². The second kappa shape index (κ2) is 12.5. The lowest BCUT2D eigenvalue weighted by Crippen LogP contribution is -2.45. The fourth-order valence-corrected chi connectivity index (χ4v) is 4.50. The fraction of sp³-hybridized carbons (Fsp3) is 0.258. The molecule has 5 rings (SSSR count). The van der Waals surface area contributed by atoms with Gasteiger partial charge in [0.1, 0.15) is 12.6 Å². The Balaban J connectivity index is 1.53. The highest BCUT2D eigenvalue weighted by atomic mass is 16.2. The van der Waals surface area contributed by atoms with Crippen LogP contribution in [0, 0.1) is 12.8 Å². The van der Waals surface area contributed by atoms with Crippen molar-refractivity contribution in [3.63, 3.8) is 0 Å². The Morgan fingerprint density at radius 3 is 2.51 bits per heavy atom. The van der Waals surface area contributed by atoms with Crippen LogP contribution in [-0.4, -0.2) is 48.5 Å². The largest absolute Gasteiger partial charge is 0.354 e. The molecule has 0 spiro atoms. The molecule has 0 radical (unpaired) electrons. The molecule has 0 unspecified atom stereocenters. The molecule has 41 heavy (non-hydrogen) atoms. The van der Waals surface area contributed by atoms with Crippen molar-refractivity contribution in [2.24, 2.45) is 5.92 Å². The summed E-state index contributed by atoms with van der Waals surface area (Å²) < 4.78 is 0. The number of anilines is 1. The van der Waals surface area contributed by atoms with Crippen molar-refractivity contribution in [3.05, 3.63) is 96.4 Å². The van der Waals surface area contributed by atoms with Gasteiger partial charge in [-0.1, -0.05) is 61.9 Å². The summed E-state index contributed by atoms with van der Waals surface area (Å²) in [6.07, 6.45) is 5.64. The zero-order valence-corrected chi connectivity index (χ0v) is 23.3. The van der Waals surface area contributed by atoms with Crippen molar-refractivity contribution in [2.45, 2.75) is 39.8 Å². The van der Waals surface area contributed by atoms with Crippen LogP contribution in [0.4, 0.5) is 5.69 Å². The number of carbonyl (C=O) groups excluding carboxylic acids is 2. The molecule has 0 aliphatic carbocycles. The van der Waals surface area contributed by atoms with E-state index in [-0.39, 0.29) is 12.5 Å². The highest BCUT2D eigenvalue weighted by Crippen LogP contribution is 2.30. The third-order valence-corrected chi connectivity index (χ3v) is 6.71. The number of aromatic nitrogens is 6. The van der Waals surface area contributed by atoms with E-state index in [0.29, 0.717) is 29.5 Å². The number of carbonyl (C=O) groups is 2. The SMILES string of the molecule is Cc1ccc(-c2nnn(CC(=O)N(c3cnc4ccccc4c3)[C@@H](C(=O)NCCC(C)C)c3ccncc3)n2)cc1. The predicted octanol–water partition coefficient (Wildman–Crippen LogP) is 4.53. The van der Waals surface area contributed by atoms with Gasteiger partial charge in [0, 0.05) is 29.9 Å². The number of fused-ring (bicyclic) bond motifs is 1. The molecule has 0 aliphatic rings. The number of pyridine rings is 2. The van der Waals surface area contributed by atoms with Crippen LogP contribution < -0.4 is 10.2 Å². The highest BCUT2D eigenvalue weighted by Gasteiger charge is 2.33. The molecule has 0 saturated carbocycles. The lowest BCUT2D eigenvalue weighted by Gasteiger charge is -2.31. The predicted molar refractivity (Wildman–Crippen MR) is 157 cm³/mol. The van der Waals surface area contributed by atoms with Crippen molar-refractivity contribution in [1.29, 1.82) is 0 Å². The van der Waals surface area contributed by atoms with Gasteiger partial charge in [-0.3, -0.25) is 24.5 Å². The van der Waals surface area contributed by atoms with Crippen LogP contribution in [-0.2, 0) is 16.1 Å². The van der Waals surface area contributed by atoms with Crippen LogP contribution in [0.3, 0.4) is 0 Å². The summed E-state index contributed by atoms with van der Waals surface area (Å²) in [5.74, 6) is 0.132. The second-order valence-electron chi connectivity index (χ2n) is 10.3. The number of benzene rings is 2. The summed E-state index contributed by atoms with van der Waals surface area (Å²) in [5, 5.41) is 16.6. The summed E-state index contributed by atoms with van der Waals surface area (Å²) >= 11 is 0. The first-order valence-corrected chi connectivity index (χ1v) is 13.6. The lowest BCUT2D eigenvalue weighted by atomic mass is 10.0. The number of tetrazole rings is 1. The first-order chi connectivity index (χ1) is 19.9. The topological polar surface area (TPSA) is 119 Å². The molecule has 3 aromatic heterocycles. The Kier molecular flexibility index (Phi) is 8.38. The highest BCUT2D eigenvalue weighted by molar-refractivity contribution is 6.02. The van der Waals surface area contributed by atoms with Gasteiger partial charge in [-0.05, 0) is 54.3 Å². The fourth-order valence-electron chi connectivity index (χ4n) is 4.50. The van der Waals surface area contributed by atoms with E-state index < -0.39 is 11.9 Å². The van der Waals surface area contributed by atoms with Gasteiger partial charge in [0.15, 0.2) is 0 Å². The number of hydrogen-bond donors (Lipinski definition) is 1. The number of nitrogens with zero attached hydrogens (tertiary/aromatic N) is 7. The number of rotatable bonds is 10. The molecule has 2 aromatic carbocycles. The summed E-state index contributed by atoms with van der Waals surface area (Å²) in [6, 6.07) is 19.8. The van der Waals surface area contributed by atoms with Gasteiger partial charge in [-0.2, -0.15) is 4.80 Å². The van der Waals surface area contributed by atoms with Gasteiger partial charge >= 0.3 is 0 Å². The van der Waals surface area contributed by atoms with Crippen LogP contribution in [0.15, 0.2) is 85.3 Å². The van der Waals surface area contributed by atoms with Gasteiger partial charge in [0.25, 0.3) is 5.91 Å². The quantitative estimate of drug-likeness (QED) is 0.272. The first-order valence-electron chi connectivity index (χ1n) is 13.6. The number of para-hydroxylation sites is 1. The number of nitrogens with one attached hydrogen (secondary N) is 1. The van der Waals surface area contributed by atoms with Gasteiger partial charge in [-0.25, -0.2) is 0 Å². The van der Waals surface area contributed by atoms with Crippen molar-refractivity contribution in [1.82, 2.24) is 35.5 Å². The third-order valence-electron chi connectivity index (χ3n) is 6.71. The number of hydrogen-bond acceptors (Lipinski definition) is 7. The maximum Gasteiger partial charge on any atom is 0.251 e. The Hall–Kier alpha value is -4.99. The zero-order chi connectivity index (χ0) is 28.8. The molecule has 1 N–H and O–H groups in total. The van der Waals surface area contributed by atoms with Crippen LogP contribution in [0.25, 0.3) is 22.3 Å². The Morgan fingerprint density at radius 2 is 1.76 bits per heavy atom. The van der Waals surface area contributed by atoms with Gasteiger partial charge in [-0.15, -0.1) is 10.2 Å². The maximum absolute atomic E-state index is 14.1. The molecule has 10 nitrogen and oxygen atoms in total. The average Bonchev–Trinajstić information content (AvgIpc) is 3.44. The lowest BCUT2D eigenvalue weighted by molar-refractivity contribution is -0.127. The maximum atomic E-state index is 14.1. The van der Waals surface area contributed by atoms with E-state index in [4.69, 9.17) is 0 Å². The average molecular weight is 549 g/mol. The number of aryl methyl sites for hydroxylation is 1. The molecule has 0 aliphatic heterocycles. The molecule has 1 atom stereocenters. The molecule has 5 aromatic rings. The minimum absolute atomic E-state index is 0.230. The van der Waals surface area contributed by atoms with Gasteiger partial charge in [0.05, 0.1) is 17.4 Å². The Bertz CT molecular complexity index is 1630. The molecule has 2 amide bonds. The summed E-state index contributed by atoms with van der Waals surface area (Å²) in [6.45, 7) is 6.45. The van der Waals surface area contributed by atoms with Crippen LogP contribution >= 0.6 is 0 Å². The normalized spacial score (nSPS) is 11.9. The van der Waals surface area contributed by atoms with E-state index in [0.717, 1.165) is 28.5 Å².